The molecular weight excluding hydrogens is 440 g/mol. The Morgan fingerprint density at radius 1 is 0.724 bits per heavy atom. The summed E-state index contributed by atoms with van der Waals surface area (Å²) < 4.78 is 6.07. The van der Waals surface area contributed by atoms with Crippen LogP contribution in [0.25, 0.3) is 58.5 Å². The molecule has 0 fully saturated rings. The van der Waals surface area contributed by atoms with Crippen LogP contribution in [0, 0.1) is 0 Å². The Hall–Kier alpha value is -2.95. The Kier molecular flexibility index (Phi) is 3.05. The van der Waals surface area contributed by atoms with E-state index in [-0.39, 0.29) is 0 Å². The molecular formula is C25H13BrN2S. The first-order valence-electron chi connectivity index (χ1n) is 9.52. The third-order valence-corrected chi connectivity index (χ3v) is 7.44. The van der Waals surface area contributed by atoms with Crippen LogP contribution < -0.4 is 0 Å². The molecule has 0 saturated heterocycles. The minimum atomic E-state index is 1.01. The van der Waals surface area contributed by atoms with Crippen LogP contribution in [-0.4, -0.2) is 9.38 Å². The first-order chi connectivity index (χ1) is 14.3. The number of pyridine rings is 1. The van der Waals surface area contributed by atoms with Gasteiger partial charge in [0.05, 0.1) is 16.6 Å². The van der Waals surface area contributed by atoms with Crippen LogP contribution >= 0.6 is 27.3 Å². The van der Waals surface area contributed by atoms with Gasteiger partial charge in [0, 0.05) is 35.4 Å². The van der Waals surface area contributed by atoms with E-state index in [1.54, 1.807) is 0 Å². The van der Waals surface area contributed by atoms with E-state index >= 15 is 0 Å². The summed E-state index contributed by atoms with van der Waals surface area (Å²) in [5.74, 6) is 0. The number of rotatable bonds is 0. The van der Waals surface area contributed by atoms with Gasteiger partial charge in [0.1, 0.15) is 5.65 Å². The quantitative estimate of drug-likeness (QED) is 0.213. The van der Waals surface area contributed by atoms with E-state index in [0.29, 0.717) is 0 Å². The lowest BCUT2D eigenvalue weighted by Crippen LogP contribution is -1.92. The van der Waals surface area contributed by atoms with Gasteiger partial charge in [-0.2, -0.15) is 0 Å². The average molecular weight is 453 g/mol. The highest BCUT2D eigenvalue weighted by molar-refractivity contribution is 9.10. The molecule has 0 atom stereocenters. The lowest BCUT2D eigenvalue weighted by Gasteiger charge is -2.11. The second-order valence-corrected chi connectivity index (χ2v) is 9.38. The third-order valence-electron chi connectivity index (χ3n) is 5.81. The SMILES string of the molecule is Brc1ccc2c(c1)c1nc3ccccc3n1c1c2ccc2sc3ccccc3c21. The number of fused-ring (bicyclic) bond motifs is 12. The van der Waals surface area contributed by atoms with Crippen molar-refractivity contribution in [3.8, 4) is 0 Å². The Morgan fingerprint density at radius 2 is 1.55 bits per heavy atom. The molecule has 29 heavy (non-hydrogen) atoms. The van der Waals surface area contributed by atoms with Gasteiger partial charge in [-0.05, 0) is 41.8 Å². The predicted molar refractivity (Wildman–Crippen MR) is 128 cm³/mol. The minimum absolute atomic E-state index is 1.01. The van der Waals surface area contributed by atoms with E-state index < -0.39 is 0 Å². The summed E-state index contributed by atoms with van der Waals surface area (Å²) in [6, 6.07) is 28.2. The van der Waals surface area contributed by atoms with Crippen molar-refractivity contribution < 1.29 is 0 Å². The van der Waals surface area contributed by atoms with E-state index in [1.165, 1.54) is 41.8 Å². The van der Waals surface area contributed by atoms with Crippen LogP contribution in [0.1, 0.15) is 0 Å². The number of hydrogen-bond donors (Lipinski definition) is 0. The van der Waals surface area contributed by atoms with Crippen molar-refractivity contribution in [1.29, 1.82) is 0 Å². The van der Waals surface area contributed by atoms with Crippen molar-refractivity contribution in [3.05, 3.63) is 83.3 Å². The van der Waals surface area contributed by atoms with Gasteiger partial charge in [-0.3, -0.25) is 4.40 Å². The summed E-state index contributed by atoms with van der Waals surface area (Å²) >= 11 is 5.52. The van der Waals surface area contributed by atoms with Crippen molar-refractivity contribution in [3.63, 3.8) is 0 Å². The van der Waals surface area contributed by atoms with Gasteiger partial charge in [0.15, 0.2) is 0 Å². The summed E-state index contributed by atoms with van der Waals surface area (Å²) in [7, 11) is 0. The molecule has 7 aromatic rings. The molecule has 4 heteroatoms. The number of halogens is 1. The molecule has 136 valence electrons. The molecule has 0 unspecified atom stereocenters. The second-order valence-electron chi connectivity index (χ2n) is 7.38. The smallest absolute Gasteiger partial charge is 0.146 e. The number of imidazole rings is 1. The Labute approximate surface area is 178 Å². The second kappa shape index (κ2) is 5.56. The van der Waals surface area contributed by atoms with E-state index in [9.17, 15) is 0 Å². The first kappa shape index (κ1) is 15.9. The fourth-order valence-corrected chi connectivity index (χ4v) is 6.09. The zero-order valence-corrected chi connectivity index (χ0v) is 17.6. The van der Waals surface area contributed by atoms with Gasteiger partial charge in [0.2, 0.25) is 0 Å². The summed E-state index contributed by atoms with van der Waals surface area (Å²) in [6.07, 6.45) is 0. The average Bonchev–Trinajstić information content (AvgIpc) is 3.32. The van der Waals surface area contributed by atoms with Crippen molar-refractivity contribution in [2.24, 2.45) is 0 Å². The minimum Gasteiger partial charge on any atom is -0.291 e. The molecule has 0 spiro atoms. The number of hydrogen-bond acceptors (Lipinski definition) is 2. The summed E-state index contributed by atoms with van der Waals surface area (Å²) in [4.78, 5) is 5.05. The van der Waals surface area contributed by atoms with Crippen LogP contribution in [-0.2, 0) is 0 Å². The molecule has 2 nitrogen and oxygen atoms in total. The van der Waals surface area contributed by atoms with Crippen LogP contribution in [0.3, 0.4) is 0 Å². The highest BCUT2D eigenvalue weighted by Crippen LogP contribution is 2.42. The topological polar surface area (TPSA) is 17.3 Å². The molecule has 0 amide bonds. The number of thiophene rings is 1. The van der Waals surface area contributed by atoms with Gasteiger partial charge in [-0.25, -0.2) is 4.98 Å². The summed E-state index contributed by atoms with van der Waals surface area (Å²) in [6.45, 7) is 0. The molecule has 0 aliphatic carbocycles. The fourth-order valence-electron chi connectivity index (χ4n) is 4.62. The summed E-state index contributed by atoms with van der Waals surface area (Å²) in [5.41, 5.74) is 4.44. The van der Waals surface area contributed by atoms with Gasteiger partial charge >= 0.3 is 0 Å². The molecule has 0 aliphatic heterocycles. The summed E-state index contributed by atoms with van der Waals surface area (Å²) in [5, 5.41) is 6.30. The third kappa shape index (κ3) is 2.03. The Bertz CT molecular complexity index is 1770. The van der Waals surface area contributed by atoms with Crippen molar-refractivity contribution >= 4 is 85.8 Å². The molecule has 0 aliphatic rings. The van der Waals surface area contributed by atoms with Crippen LogP contribution in [0.2, 0.25) is 0 Å². The lowest BCUT2D eigenvalue weighted by molar-refractivity contribution is 1.33. The van der Waals surface area contributed by atoms with Crippen LogP contribution in [0.15, 0.2) is 83.3 Å². The first-order valence-corrected chi connectivity index (χ1v) is 11.1. The molecule has 0 saturated carbocycles. The van der Waals surface area contributed by atoms with E-state index in [1.807, 2.05) is 11.3 Å². The van der Waals surface area contributed by atoms with Crippen LogP contribution in [0.4, 0.5) is 0 Å². The molecule has 3 heterocycles. The highest BCUT2D eigenvalue weighted by atomic mass is 79.9. The molecule has 0 radical (unpaired) electrons. The van der Waals surface area contributed by atoms with Gasteiger partial charge in [-0.1, -0.05) is 58.4 Å². The van der Waals surface area contributed by atoms with Gasteiger partial charge in [0.25, 0.3) is 0 Å². The Morgan fingerprint density at radius 3 is 2.52 bits per heavy atom. The van der Waals surface area contributed by atoms with Crippen molar-refractivity contribution in [2.45, 2.75) is 0 Å². The molecule has 3 aromatic heterocycles. The number of nitrogens with zero attached hydrogens (tertiary/aromatic N) is 2. The number of aromatic nitrogens is 2. The van der Waals surface area contributed by atoms with E-state index in [0.717, 1.165) is 21.2 Å². The normalized spacial score (nSPS) is 12.3. The standard InChI is InChI=1S/C25H13BrN2S/c26-14-9-10-15-16-11-12-22-23(17-5-1-4-8-21(17)29-22)24(16)28-20-7-3-2-6-19(20)27-25(28)18(15)13-14/h1-13H. The van der Waals surface area contributed by atoms with Crippen molar-refractivity contribution in [2.75, 3.05) is 0 Å². The van der Waals surface area contributed by atoms with Crippen molar-refractivity contribution in [1.82, 2.24) is 9.38 Å². The van der Waals surface area contributed by atoms with Crippen LogP contribution in [0.5, 0.6) is 0 Å². The molecule has 7 rings (SSSR count). The number of benzene rings is 4. The van der Waals surface area contributed by atoms with Gasteiger partial charge in [-0.15, -0.1) is 11.3 Å². The largest absolute Gasteiger partial charge is 0.291 e. The van der Waals surface area contributed by atoms with Gasteiger partial charge < -0.3 is 0 Å². The monoisotopic (exact) mass is 452 g/mol. The Balaban J connectivity index is 1.93. The molecule has 0 N–H and O–H groups in total. The zero-order chi connectivity index (χ0) is 19.1. The van der Waals surface area contributed by atoms with E-state index in [4.69, 9.17) is 4.98 Å². The maximum Gasteiger partial charge on any atom is 0.146 e. The molecule has 0 bridgehead atoms. The maximum absolute atomic E-state index is 5.05. The zero-order valence-electron chi connectivity index (χ0n) is 15.2. The van der Waals surface area contributed by atoms with E-state index in [2.05, 4.69) is 99.2 Å². The fraction of sp³-hybridized carbons (Fsp3) is 0. The molecule has 4 aromatic carbocycles. The predicted octanol–water partition coefficient (Wildman–Crippen LogP) is 7.92. The maximum atomic E-state index is 5.05. The lowest BCUT2D eigenvalue weighted by atomic mass is 10.0. The highest BCUT2D eigenvalue weighted by Gasteiger charge is 2.18. The number of para-hydroxylation sites is 2.